The zero-order valence-electron chi connectivity index (χ0n) is 9.81. The maximum atomic E-state index is 12.0. The van der Waals surface area contributed by atoms with Gasteiger partial charge in [-0.1, -0.05) is 0 Å². The van der Waals surface area contributed by atoms with Crippen LogP contribution in [0.15, 0.2) is 10.7 Å². The van der Waals surface area contributed by atoms with Crippen LogP contribution in [0, 0.1) is 0 Å². The van der Waals surface area contributed by atoms with Gasteiger partial charge in [0.15, 0.2) is 0 Å². The summed E-state index contributed by atoms with van der Waals surface area (Å²) in [5, 5.41) is 5.77. The number of rotatable bonds is 6. The van der Waals surface area contributed by atoms with Gasteiger partial charge in [0.2, 0.25) is 5.95 Å². The molecule has 0 saturated carbocycles. The Kier molecular flexibility index (Phi) is 5.64. The molecule has 0 amide bonds. The molecule has 1 aromatic rings. The molecule has 0 fully saturated rings. The van der Waals surface area contributed by atoms with E-state index in [4.69, 9.17) is 0 Å². The molecule has 1 heterocycles. The molecule has 0 bridgehead atoms. The van der Waals surface area contributed by atoms with Gasteiger partial charge < -0.3 is 10.6 Å². The molecule has 0 aliphatic rings. The summed E-state index contributed by atoms with van der Waals surface area (Å²) in [6, 6.07) is 0. The van der Waals surface area contributed by atoms with Crippen molar-refractivity contribution in [3.8, 4) is 0 Å². The molecular formula is C10H14BrF3N4. The van der Waals surface area contributed by atoms with Gasteiger partial charge in [-0.25, -0.2) is 4.98 Å². The minimum absolute atomic E-state index is 0.0104. The first-order chi connectivity index (χ1) is 8.42. The summed E-state index contributed by atoms with van der Waals surface area (Å²) < 4.78 is 36.5. The van der Waals surface area contributed by atoms with Crippen molar-refractivity contribution in [3.05, 3.63) is 10.7 Å². The first kappa shape index (κ1) is 15.0. The van der Waals surface area contributed by atoms with E-state index in [9.17, 15) is 13.2 Å². The second-order valence-corrected chi connectivity index (χ2v) is 4.42. The van der Waals surface area contributed by atoms with Gasteiger partial charge in [-0.15, -0.1) is 0 Å². The van der Waals surface area contributed by atoms with E-state index in [0.29, 0.717) is 22.8 Å². The second kappa shape index (κ2) is 6.77. The highest BCUT2D eigenvalue weighted by Crippen LogP contribution is 2.23. The van der Waals surface area contributed by atoms with Crippen LogP contribution >= 0.6 is 15.9 Å². The summed E-state index contributed by atoms with van der Waals surface area (Å²) in [6.07, 6.45) is -3.35. The minimum Gasteiger partial charge on any atom is -0.369 e. The quantitative estimate of drug-likeness (QED) is 0.786. The summed E-state index contributed by atoms with van der Waals surface area (Å²) in [4.78, 5) is 8.14. The predicted molar refractivity (Wildman–Crippen MR) is 67.7 cm³/mol. The summed E-state index contributed by atoms with van der Waals surface area (Å²) in [6.45, 7) is 2.79. The number of nitrogens with one attached hydrogen (secondary N) is 2. The van der Waals surface area contributed by atoms with Gasteiger partial charge in [-0.2, -0.15) is 18.2 Å². The fourth-order valence-electron chi connectivity index (χ4n) is 1.23. The Morgan fingerprint density at radius 3 is 2.67 bits per heavy atom. The smallest absolute Gasteiger partial charge is 0.369 e. The average molecular weight is 327 g/mol. The lowest BCUT2D eigenvalue weighted by Gasteiger charge is -2.10. The van der Waals surface area contributed by atoms with Crippen LogP contribution in [0.1, 0.15) is 19.8 Å². The van der Waals surface area contributed by atoms with E-state index in [1.807, 2.05) is 6.92 Å². The van der Waals surface area contributed by atoms with Crippen LogP contribution in [0.2, 0.25) is 0 Å². The van der Waals surface area contributed by atoms with Crippen LogP contribution in [-0.4, -0.2) is 29.2 Å². The Labute approximate surface area is 112 Å². The van der Waals surface area contributed by atoms with E-state index < -0.39 is 12.6 Å². The second-order valence-electron chi connectivity index (χ2n) is 3.57. The fraction of sp³-hybridized carbons (Fsp3) is 0.600. The number of aromatic nitrogens is 2. The highest BCUT2D eigenvalue weighted by molar-refractivity contribution is 9.10. The van der Waals surface area contributed by atoms with Gasteiger partial charge in [0, 0.05) is 25.7 Å². The van der Waals surface area contributed by atoms with Gasteiger partial charge in [0.1, 0.15) is 5.82 Å². The maximum Gasteiger partial charge on any atom is 0.389 e. The van der Waals surface area contributed by atoms with Crippen molar-refractivity contribution < 1.29 is 13.2 Å². The largest absolute Gasteiger partial charge is 0.389 e. The molecule has 0 aromatic carbocycles. The van der Waals surface area contributed by atoms with Crippen molar-refractivity contribution in [2.24, 2.45) is 0 Å². The molecule has 0 spiro atoms. The number of alkyl halides is 3. The lowest BCUT2D eigenvalue weighted by atomic mass is 10.3. The Morgan fingerprint density at radius 1 is 1.33 bits per heavy atom. The minimum atomic E-state index is -4.11. The molecule has 2 N–H and O–H groups in total. The zero-order valence-corrected chi connectivity index (χ0v) is 11.4. The molecule has 0 aliphatic carbocycles. The van der Waals surface area contributed by atoms with Gasteiger partial charge in [0.25, 0.3) is 0 Å². The standard InChI is InChI=1S/C10H14BrF3N4/c1-2-15-9-17-6-7(11)8(18-9)16-5-3-4-10(12,13)14/h6H,2-5H2,1H3,(H2,15,16,17,18). The molecule has 4 nitrogen and oxygen atoms in total. The van der Waals surface area contributed by atoms with Crippen LogP contribution in [0.25, 0.3) is 0 Å². The Bertz CT molecular complexity index is 384. The van der Waals surface area contributed by atoms with Crippen molar-refractivity contribution in [1.82, 2.24) is 9.97 Å². The topological polar surface area (TPSA) is 49.8 Å². The van der Waals surface area contributed by atoms with E-state index in [2.05, 4.69) is 36.5 Å². The predicted octanol–water partition coefficient (Wildman–Crippen LogP) is 3.43. The number of halogens is 4. The van der Waals surface area contributed by atoms with E-state index in [1.165, 1.54) is 0 Å². The molecule has 0 aliphatic heterocycles. The van der Waals surface area contributed by atoms with Crippen LogP contribution in [0.5, 0.6) is 0 Å². The maximum absolute atomic E-state index is 12.0. The highest BCUT2D eigenvalue weighted by Gasteiger charge is 2.25. The summed E-state index contributed by atoms with van der Waals surface area (Å²) >= 11 is 3.24. The molecule has 102 valence electrons. The van der Waals surface area contributed by atoms with Crippen molar-refractivity contribution in [3.63, 3.8) is 0 Å². The molecule has 18 heavy (non-hydrogen) atoms. The van der Waals surface area contributed by atoms with Crippen LogP contribution in [0.4, 0.5) is 24.9 Å². The van der Waals surface area contributed by atoms with Crippen molar-refractivity contribution in [2.75, 3.05) is 23.7 Å². The molecule has 0 radical (unpaired) electrons. The molecule has 1 rings (SSSR count). The molecule has 0 saturated heterocycles. The van der Waals surface area contributed by atoms with Gasteiger partial charge >= 0.3 is 6.18 Å². The van der Waals surface area contributed by atoms with E-state index in [0.717, 1.165) is 0 Å². The molecular weight excluding hydrogens is 313 g/mol. The summed E-state index contributed by atoms with van der Waals surface area (Å²) in [5.74, 6) is 0.933. The molecule has 8 heteroatoms. The van der Waals surface area contributed by atoms with Gasteiger partial charge in [-0.3, -0.25) is 0 Å². The average Bonchev–Trinajstić information content (AvgIpc) is 2.27. The third kappa shape index (κ3) is 5.52. The molecule has 1 aromatic heterocycles. The highest BCUT2D eigenvalue weighted by atomic mass is 79.9. The number of nitrogens with zero attached hydrogens (tertiary/aromatic N) is 2. The van der Waals surface area contributed by atoms with Crippen LogP contribution in [-0.2, 0) is 0 Å². The Morgan fingerprint density at radius 2 is 2.06 bits per heavy atom. The molecule has 0 unspecified atom stereocenters. The third-order valence-corrected chi connectivity index (χ3v) is 2.59. The number of hydrogen-bond acceptors (Lipinski definition) is 4. The SMILES string of the molecule is CCNc1ncc(Br)c(NCCCC(F)(F)F)n1. The van der Waals surface area contributed by atoms with Gasteiger partial charge in [0.05, 0.1) is 4.47 Å². The summed E-state index contributed by atoms with van der Waals surface area (Å²) in [7, 11) is 0. The lowest BCUT2D eigenvalue weighted by molar-refractivity contribution is -0.134. The Balaban J connectivity index is 2.48. The first-order valence-corrected chi connectivity index (χ1v) is 6.28. The monoisotopic (exact) mass is 326 g/mol. The fourth-order valence-corrected chi connectivity index (χ4v) is 1.56. The third-order valence-electron chi connectivity index (χ3n) is 2.01. The van der Waals surface area contributed by atoms with E-state index in [-0.39, 0.29) is 13.0 Å². The van der Waals surface area contributed by atoms with Gasteiger partial charge in [-0.05, 0) is 29.3 Å². The normalized spacial score (nSPS) is 11.4. The first-order valence-electron chi connectivity index (χ1n) is 5.49. The Hall–Kier alpha value is -1.05. The number of anilines is 2. The van der Waals surface area contributed by atoms with E-state index in [1.54, 1.807) is 6.20 Å². The van der Waals surface area contributed by atoms with E-state index >= 15 is 0 Å². The zero-order chi connectivity index (χ0) is 13.6. The number of hydrogen-bond donors (Lipinski definition) is 2. The molecule has 0 atom stereocenters. The van der Waals surface area contributed by atoms with Crippen molar-refractivity contribution in [2.45, 2.75) is 25.9 Å². The summed E-state index contributed by atoms with van der Waals surface area (Å²) in [5.41, 5.74) is 0. The van der Waals surface area contributed by atoms with Crippen LogP contribution < -0.4 is 10.6 Å². The van der Waals surface area contributed by atoms with Crippen molar-refractivity contribution in [1.29, 1.82) is 0 Å². The van der Waals surface area contributed by atoms with Crippen molar-refractivity contribution >= 4 is 27.7 Å². The lowest BCUT2D eigenvalue weighted by Crippen LogP contribution is -2.12. The van der Waals surface area contributed by atoms with Crippen LogP contribution in [0.3, 0.4) is 0 Å².